The van der Waals surface area contributed by atoms with Crippen LogP contribution in [0.4, 0.5) is 0 Å². The molecule has 2 aliphatic heterocycles. The summed E-state index contributed by atoms with van der Waals surface area (Å²) >= 11 is 0. The van der Waals surface area contributed by atoms with Gasteiger partial charge in [-0.15, -0.1) is 12.4 Å². The van der Waals surface area contributed by atoms with E-state index in [-0.39, 0.29) is 24.4 Å². The van der Waals surface area contributed by atoms with E-state index in [2.05, 4.69) is 32.5 Å². The molecule has 25 heavy (non-hydrogen) atoms. The molecule has 1 atom stereocenters. The number of nitrogens with zero attached hydrogens (tertiary/aromatic N) is 5. The molecule has 1 N–H and O–H groups in total. The minimum absolute atomic E-state index is 0. The Balaban J connectivity index is 0.00000182. The van der Waals surface area contributed by atoms with Gasteiger partial charge in [0.25, 0.3) is 0 Å². The first-order chi connectivity index (χ1) is 11.8. The van der Waals surface area contributed by atoms with Crippen molar-refractivity contribution in [3.8, 4) is 11.5 Å². The van der Waals surface area contributed by atoms with Crippen molar-refractivity contribution >= 4 is 18.3 Å². The second-order valence-electron chi connectivity index (χ2n) is 6.63. The number of likely N-dealkylation sites (tertiary alicyclic amines) is 1. The van der Waals surface area contributed by atoms with Gasteiger partial charge in [0, 0.05) is 45.0 Å². The average molecular weight is 365 g/mol. The molecule has 0 spiro atoms. The number of carbonyl (C=O) groups is 1. The monoisotopic (exact) mass is 364 g/mol. The van der Waals surface area contributed by atoms with Crippen molar-refractivity contribution in [2.45, 2.75) is 45.3 Å². The van der Waals surface area contributed by atoms with Crippen LogP contribution in [0.15, 0.2) is 18.5 Å². The number of rotatable bonds is 4. The van der Waals surface area contributed by atoms with Crippen LogP contribution in [0.3, 0.4) is 0 Å². The van der Waals surface area contributed by atoms with Gasteiger partial charge in [-0.1, -0.05) is 6.92 Å². The highest BCUT2D eigenvalue weighted by molar-refractivity contribution is 5.85. The molecule has 0 bridgehead atoms. The third kappa shape index (κ3) is 3.43. The molecule has 2 aromatic rings. The zero-order valence-corrected chi connectivity index (χ0v) is 15.3. The summed E-state index contributed by atoms with van der Waals surface area (Å²) in [5.74, 6) is 1.11. The van der Waals surface area contributed by atoms with Crippen molar-refractivity contribution in [2.75, 3.05) is 19.6 Å². The standard InChI is InChI=1S/C17H24N6O.ClH/c1-2-6-21-12-14(10-16(21)24)22-8-5-19-17(22)15-9-13-11-18-4-3-7-23(13)20-15;/h5,8-9,14,18H,2-4,6-7,10-12H2,1H3;1H. The van der Waals surface area contributed by atoms with Gasteiger partial charge in [-0.05, 0) is 25.5 Å². The van der Waals surface area contributed by atoms with Gasteiger partial charge in [0.05, 0.1) is 11.7 Å². The first-order valence-corrected chi connectivity index (χ1v) is 8.84. The summed E-state index contributed by atoms with van der Waals surface area (Å²) in [6.45, 7) is 6.53. The predicted octanol–water partition coefficient (Wildman–Crippen LogP) is 1.85. The summed E-state index contributed by atoms with van der Waals surface area (Å²) in [4.78, 5) is 18.7. The molecule has 0 radical (unpaired) electrons. The lowest BCUT2D eigenvalue weighted by Gasteiger charge is -2.17. The van der Waals surface area contributed by atoms with Crippen LogP contribution in [0.25, 0.3) is 11.5 Å². The smallest absolute Gasteiger partial charge is 0.224 e. The van der Waals surface area contributed by atoms with Gasteiger partial charge in [-0.3, -0.25) is 9.48 Å². The van der Waals surface area contributed by atoms with Crippen LogP contribution in [0.5, 0.6) is 0 Å². The molecule has 7 nitrogen and oxygen atoms in total. The van der Waals surface area contributed by atoms with E-state index in [0.717, 1.165) is 57.1 Å². The maximum Gasteiger partial charge on any atom is 0.224 e. The number of aryl methyl sites for hydroxylation is 1. The number of nitrogens with one attached hydrogen (secondary N) is 1. The summed E-state index contributed by atoms with van der Waals surface area (Å²) in [6, 6.07) is 2.28. The lowest BCUT2D eigenvalue weighted by molar-refractivity contribution is -0.127. The number of halogens is 1. The van der Waals surface area contributed by atoms with Gasteiger partial charge < -0.3 is 14.8 Å². The largest absolute Gasteiger partial charge is 0.341 e. The molecular formula is C17H25ClN6O. The van der Waals surface area contributed by atoms with Crippen LogP contribution < -0.4 is 5.32 Å². The summed E-state index contributed by atoms with van der Waals surface area (Å²) < 4.78 is 4.21. The summed E-state index contributed by atoms with van der Waals surface area (Å²) in [5.41, 5.74) is 2.10. The van der Waals surface area contributed by atoms with Gasteiger partial charge in [0.2, 0.25) is 5.91 Å². The minimum atomic E-state index is 0. The van der Waals surface area contributed by atoms with E-state index in [0.29, 0.717) is 6.42 Å². The van der Waals surface area contributed by atoms with Gasteiger partial charge in [0.15, 0.2) is 5.82 Å². The van der Waals surface area contributed by atoms with Crippen LogP contribution in [-0.4, -0.2) is 49.8 Å². The Labute approximate surface area is 153 Å². The third-order valence-corrected chi connectivity index (χ3v) is 4.87. The molecule has 4 rings (SSSR count). The van der Waals surface area contributed by atoms with E-state index < -0.39 is 0 Å². The zero-order chi connectivity index (χ0) is 16.5. The number of aromatic nitrogens is 4. The Morgan fingerprint density at radius 3 is 3.12 bits per heavy atom. The number of imidazole rings is 1. The number of hydrogen-bond acceptors (Lipinski definition) is 4. The van der Waals surface area contributed by atoms with E-state index >= 15 is 0 Å². The van der Waals surface area contributed by atoms with Crippen molar-refractivity contribution < 1.29 is 4.79 Å². The van der Waals surface area contributed by atoms with Crippen LogP contribution in [0.2, 0.25) is 0 Å². The topological polar surface area (TPSA) is 68.0 Å². The molecule has 1 unspecified atom stereocenters. The van der Waals surface area contributed by atoms with Gasteiger partial charge in [0.1, 0.15) is 5.69 Å². The lowest BCUT2D eigenvalue weighted by Crippen LogP contribution is -2.26. The van der Waals surface area contributed by atoms with Gasteiger partial charge in [-0.2, -0.15) is 5.10 Å². The Kier molecular flexibility index (Phi) is 5.44. The number of amides is 1. The van der Waals surface area contributed by atoms with Crippen LogP contribution in [0.1, 0.15) is 37.9 Å². The fourth-order valence-electron chi connectivity index (χ4n) is 3.70. The average Bonchev–Trinajstić information content (AvgIpc) is 3.24. The molecule has 1 fully saturated rings. The molecule has 0 aliphatic carbocycles. The van der Waals surface area contributed by atoms with Crippen molar-refractivity contribution in [2.24, 2.45) is 0 Å². The highest BCUT2D eigenvalue weighted by Crippen LogP contribution is 2.28. The molecule has 1 amide bonds. The Morgan fingerprint density at radius 2 is 2.28 bits per heavy atom. The summed E-state index contributed by atoms with van der Waals surface area (Å²) in [5, 5.41) is 8.17. The fourth-order valence-corrected chi connectivity index (χ4v) is 3.70. The molecule has 8 heteroatoms. The second-order valence-corrected chi connectivity index (χ2v) is 6.63. The van der Waals surface area contributed by atoms with E-state index in [1.54, 1.807) is 0 Å². The normalized spacial score (nSPS) is 20.3. The van der Waals surface area contributed by atoms with Crippen molar-refractivity contribution in [3.63, 3.8) is 0 Å². The van der Waals surface area contributed by atoms with Crippen molar-refractivity contribution in [3.05, 3.63) is 24.2 Å². The molecule has 0 saturated carbocycles. The minimum Gasteiger partial charge on any atom is -0.341 e. The van der Waals surface area contributed by atoms with E-state index in [1.807, 2.05) is 17.3 Å². The van der Waals surface area contributed by atoms with E-state index in [1.165, 1.54) is 5.69 Å². The second kappa shape index (κ2) is 7.58. The molecule has 2 aromatic heterocycles. The van der Waals surface area contributed by atoms with Crippen molar-refractivity contribution in [1.82, 2.24) is 29.5 Å². The summed E-state index contributed by atoms with van der Waals surface area (Å²) in [6.07, 6.45) is 6.43. The molecule has 136 valence electrons. The first-order valence-electron chi connectivity index (χ1n) is 8.84. The zero-order valence-electron chi connectivity index (χ0n) is 14.5. The third-order valence-electron chi connectivity index (χ3n) is 4.87. The van der Waals surface area contributed by atoms with Crippen LogP contribution in [0, 0.1) is 0 Å². The van der Waals surface area contributed by atoms with E-state index in [9.17, 15) is 4.79 Å². The lowest BCUT2D eigenvalue weighted by atomic mass is 10.2. The molecule has 0 aromatic carbocycles. The fraction of sp³-hybridized carbons (Fsp3) is 0.588. The van der Waals surface area contributed by atoms with Crippen molar-refractivity contribution in [1.29, 1.82) is 0 Å². The number of fused-ring (bicyclic) bond motifs is 1. The first kappa shape index (κ1) is 17.9. The quantitative estimate of drug-likeness (QED) is 0.899. The molecule has 1 saturated heterocycles. The van der Waals surface area contributed by atoms with Crippen LogP contribution >= 0.6 is 12.4 Å². The Bertz CT molecular complexity index is 716. The van der Waals surface area contributed by atoms with Gasteiger partial charge >= 0.3 is 0 Å². The highest BCUT2D eigenvalue weighted by atomic mass is 35.5. The predicted molar refractivity (Wildman–Crippen MR) is 97.5 cm³/mol. The SMILES string of the molecule is CCCN1CC(n2ccnc2-c2cc3n(n2)CCCNC3)CC1=O.Cl. The molecule has 2 aliphatic rings. The van der Waals surface area contributed by atoms with Gasteiger partial charge in [-0.25, -0.2) is 4.98 Å². The molecule has 4 heterocycles. The number of carbonyl (C=O) groups excluding carboxylic acids is 1. The van der Waals surface area contributed by atoms with Crippen LogP contribution in [-0.2, 0) is 17.9 Å². The molecular weight excluding hydrogens is 340 g/mol. The number of hydrogen-bond donors (Lipinski definition) is 1. The highest BCUT2D eigenvalue weighted by Gasteiger charge is 2.31. The maximum absolute atomic E-state index is 12.2. The Morgan fingerprint density at radius 1 is 1.40 bits per heavy atom. The summed E-state index contributed by atoms with van der Waals surface area (Å²) in [7, 11) is 0. The maximum atomic E-state index is 12.2. The van der Waals surface area contributed by atoms with E-state index in [4.69, 9.17) is 5.10 Å². The Hall–Kier alpha value is -1.86.